The van der Waals surface area contributed by atoms with E-state index in [0.717, 1.165) is 10.5 Å². The van der Waals surface area contributed by atoms with Crippen molar-refractivity contribution in [1.29, 1.82) is 0 Å². The molecule has 0 N–H and O–H groups in total. The van der Waals surface area contributed by atoms with Crippen molar-refractivity contribution in [2.75, 3.05) is 26.2 Å². The number of hydrogen-bond donors (Lipinski definition) is 0. The second-order valence-corrected chi connectivity index (χ2v) is 11.2. The highest BCUT2D eigenvalue weighted by molar-refractivity contribution is 7.99. The van der Waals surface area contributed by atoms with E-state index in [2.05, 4.69) is 17.0 Å². The van der Waals surface area contributed by atoms with Gasteiger partial charge in [0, 0.05) is 52.7 Å². The molecule has 4 aromatic rings. The number of carbonyl (C=O) groups excluding carboxylic acids is 1. The molecular weight excluding hydrogens is 553 g/mol. The van der Waals surface area contributed by atoms with E-state index >= 15 is 0 Å². The molecule has 1 fully saturated rings. The van der Waals surface area contributed by atoms with Crippen LogP contribution in [0.25, 0.3) is 0 Å². The van der Waals surface area contributed by atoms with Crippen molar-refractivity contribution in [3.63, 3.8) is 0 Å². The van der Waals surface area contributed by atoms with Crippen LogP contribution in [-0.2, 0) is 0 Å². The number of hydrogen-bond acceptors (Lipinski definition) is 5. The molecule has 39 heavy (non-hydrogen) atoms. The summed E-state index contributed by atoms with van der Waals surface area (Å²) in [6.45, 7) is 2.36. The van der Waals surface area contributed by atoms with Gasteiger partial charge in [-0.3, -0.25) is 19.8 Å². The van der Waals surface area contributed by atoms with Crippen LogP contribution >= 0.6 is 35.0 Å². The molecule has 1 heterocycles. The molecule has 5 rings (SSSR count). The van der Waals surface area contributed by atoms with Crippen LogP contribution < -0.4 is 0 Å². The molecule has 9 heteroatoms. The van der Waals surface area contributed by atoms with E-state index in [0.29, 0.717) is 46.7 Å². The molecule has 0 aliphatic carbocycles. The van der Waals surface area contributed by atoms with E-state index in [4.69, 9.17) is 23.2 Å². The Morgan fingerprint density at radius 1 is 0.795 bits per heavy atom. The van der Waals surface area contributed by atoms with Crippen LogP contribution in [0.1, 0.15) is 27.5 Å². The molecule has 0 unspecified atom stereocenters. The fraction of sp³-hybridized carbons (Fsp3) is 0.167. The third-order valence-electron chi connectivity index (χ3n) is 6.69. The minimum absolute atomic E-state index is 0.0320. The topological polar surface area (TPSA) is 66.7 Å². The molecule has 1 aliphatic heterocycles. The third kappa shape index (κ3) is 6.45. The second-order valence-electron chi connectivity index (χ2n) is 9.19. The Kier molecular flexibility index (Phi) is 8.53. The van der Waals surface area contributed by atoms with Gasteiger partial charge in [0.1, 0.15) is 0 Å². The Hall–Kier alpha value is -3.36. The van der Waals surface area contributed by atoms with Crippen molar-refractivity contribution in [1.82, 2.24) is 9.80 Å². The summed E-state index contributed by atoms with van der Waals surface area (Å²) in [6.07, 6.45) is 0. The lowest BCUT2D eigenvalue weighted by Crippen LogP contribution is -2.49. The fourth-order valence-electron chi connectivity index (χ4n) is 4.80. The van der Waals surface area contributed by atoms with E-state index in [9.17, 15) is 14.9 Å². The fourth-order valence-corrected chi connectivity index (χ4v) is 6.14. The summed E-state index contributed by atoms with van der Waals surface area (Å²) in [5.74, 6) is -0.209. The van der Waals surface area contributed by atoms with Gasteiger partial charge in [-0.15, -0.1) is 0 Å². The van der Waals surface area contributed by atoms with Crippen molar-refractivity contribution in [2.24, 2.45) is 0 Å². The molecule has 1 aliphatic rings. The predicted molar refractivity (Wildman–Crippen MR) is 156 cm³/mol. The number of nitro benzene ring substituents is 1. The highest BCUT2D eigenvalue weighted by atomic mass is 35.5. The maximum Gasteiger partial charge on any atom is 0.284 e. The molecule has 0 radical (unpaired) electrons. The lowest BCUT2D eigenvalue weighted by molar-refractivity contribution is -0.387. The molecule has 0 spiro atoms. The van der Waals surface area contributed by atoms with Crippen molar-refractivity contribution < 1.29 is 9.72 Å². The molecule has 1 amide bonds. The van der Waals surface area contributed by atoms with Gasteiger partial charge in [0.15, 0.2) is 0 Å². The van der Waals surface area contributed by atoms with Gasteiger partial charge in [-0.1, -0.05) is 83.5 Å². The number of halogens is 2. The number of nitrogens with zero attached hydrogens (tertiary/aromatic N) is 3. The van der Waals surface area contributed by atoms with Gasteiger partial charge < -0.3 is 4.90 Å². The SMILES string of the molecule is O=C(c1ccc(Sc2cccc(Cl)c2)c([N+](=O)[O-])c1)N1CCN([C@H](c2ccccc2)c2ccc(Cl)cc2)CC1. The Bertz CT molecular complexity index is 1480. The van der Waals surface area contributed by atoms with E-state index in [1.54, 1.807) is 35.2 Å². The molecular formula is C30H25Cl2N3O3S. The lowest BCUT2D eigenvalue weighted by atomic mass is 9.96. The maximum atomic E-state index is 13.4. The molecule has 0 aromatic heterocycles. The van der Waals surface area contributed by atoms with Gasteiger partial charge in [0.25, 0.3) is 11.6 Å². The first-order valence-corrected chi connectivity index (χ1v) is 14.0. The number of rotatable bonds is 7. The lowest BCUT2D eigenvalue weighted by Gasteiger charge is -2.39. The van der Waals surface area contributed by atoms with Crippen molar-refractivity contribution >= 4 is 46.6 Å². The zero-order valence-corrected chi connectivity index (χ0v) is 23.2. The number of benzene rings is 4. The average molecular weight is 579 g/mol. The van der Waals surface area contributed by atoms with Crippen LogP contribution in [0.3, 0.4) is 0 Å². The largest absolute Gasteiger partial charge is 0.336 e. The smallest absolute Gasteiger partial charge is 0.284 e. The number of piperazine rings is 1. The minimum atomic E-state index is -0.446. The summed E-state index contributed by atoms with van der Waals surface area (Å²) in [7, 11) is 0. The van der Waals surface area contributed by atoms with E-state index in [1.807, 2.05) is 48.5 Å². The maximum absolute atomic E-state index is 13.4. The molecule has 0 saturated carbocycles. The van der Waals surface area contributed by atoms with Crippen molar-refractivity contribution in [2.45, 2.75) is 15.8 Å². The number of carbonyl (C=O) groups is 1. The molecule has 198 valence electrons. The zero-order valence-electron chi connectivity index (χ0n) is 20.9. The molecule has 6 nitrogen and oxygen atoms in total. The Balaban J connectivity index is 1.32. The Morgan fingerprint density at radius 3 is 2.15 bits per heavy atom. The van der Waals surface area contributed by atoms with Gasteiger partial charge in [-0.25, -0.2) is 0 Å². The van der Waals surface area contributed by atoms with Crippen LogP contribution in [-0.4, -0.2) is 46.8 Å². The molecule has 0 bridgehead atoms. The second kappa shape index (κ2) is 12.2. The summed E-state index contributed by atoms with van der Waals surface area (Å²) in [5.41, 5.74) is 2.51. The van der Waals surface area contributed by atoms with Crippen LogP contribution in [0, 0.1) is 10.1 Å². The highest BCUT2D eigenvalue weighted by Gasteiger charge is 2.29. The van der Waals surface area contributed by atoms with Crippen molar-refractivity contribution in [3.05, 3.63) is 134 Å². The van der Waals surface area contributed by atoms with Gasteiger partial charge in [0.2, 0.25) is 0 Å². The van der Waals surface area contributed by atoms with Crippen LogP contribution in [0.2, 0.25) is 10.0 Å². The summed E-state index contributed by atoms with van der Waals surface area (Å²) >= 11 is 13.5. The average Bonchev–Trinajstić information content (AvgIpc) is 2.95. The van der Waals surface area contributed by atoms with Gasteiger partial charge in [0.05, 0.1) is 15.9 Å². The number of amides is 1. The van der Waals surface area contributed by atoms with Crippen LogP contribution in [0.15, 0.2) is 107 Å². The first-order valence-electron chi connectivity index (χ1n) is 12.4. The van der Waals surface area contributed by atoms with E-state index in [-0.39, 0.29) is 17.6 Å². The Labute approximate surface area is 241 Å². The summed E-state index contributed by atoms with van der Waals surface area (Å²) in [6, 6.07) is 30.0. The van der Waals surface area contributed by atoms with Crippen LogP contribution in [0.4, 0.5) is 5.69 Å². The summed E-state index contributed by atoms with van der Waals surface area (Å²) in [5, 5.41) is 13.1. The zero-order chi connectivity index (χ0) is 27.4. The van der Waals surface area contributed by atoms with Crippen LogP contribution in [0.5, 0.6) is 0 Å². The van der Waals surface area contributed by atoms with Gasteiger partial charge in [-0.2, -0.15) is 0 Å². The normalized spacial score (nSPS) is 14.7. The van der Waals surface area contributed by atoms with E-state index < -0.39 is 4.92 Å². The standard InChI is InChI=1S/C30H25Cl2N3O3S/c31-24-12-9-22(10-13-24)29(21-5-2-1-3-6-21)33-15-17-34(18-16-33)30(36)23-11-14-28(27(19-23)35(37)38)39-26-8-4-7-25(32)20-26/h1-14,19-20,29H,15-18H2/t29-/m1/s1. The first kappa shape index (κ1) is 27.2. The Morgan fingerprint density at radius 2 is 1.49 bits per heavy atom. The molecule has 1 atom stereocenters. The minimum Gasteiger partial charge on any atom is -0.336 e. The predicted octanol–water partition coefficient (Wildman–Crippen LogP) is 7.60. The molecule has 1 saturated heterocycles. The van der Waals surface area contributed by atoms with Gasteiger partial charge in [-0.05, 0) is 53.6 Å². The molecule has 4 aromatic carbocycles. The summed E-state index contributed by atoms with van der Waals surface area (Å²) in [4.78, 5) is 30.2. The quantitative estimate of drug-likeness (QED) is 0.167. The first-order chi connectivity index (χ1) is 18.9. The monoisotopic (exact) mass is 577 g/mol. The highest BCUT2D eigenvalue weighted by Crippen LogP contribution is 2.37. The third-order valence-corrected chi connectivity index (χ3v) is 8.24. The summed E-state index contributed by atoms with van der Waals surface area (Å²) < 4.78 is 0. The van der Waals surface area contributed by atoms with E-state index in [1.165, 1.54) is 23.4 Å². The van der Waals surface area contributed by atoms with Crippen molar-refractivity contribution in [3.8, 4) is 0 Å². The van der Waals surface area contributed by atoms with Gasteiger partial charge >= 0.3 is 0 Å². The number of nitro groups is 1.